The Morgan fingerprint density at radius 3 is 2.72 bits per heavy atom. The summed E-state index contributed by atoms with van der Waals surface area (Å²) in [7, 11) is 0. The number of nitrogens with one attached hydrogen (secondary N) is 1. The zero-order valence-electron chi connectivity index (χ0n) is 10.8. The van der Waals surface area contributed by atoms with Gasteiger partial charge in [-0.25, -0.2) is 0 Å². The Kier molecular flexibility index (Phi) is 6.12. The van der Waals surface area contributed by atoms with E-state index >= 15 is 0 Å². The highest BCUT2D eigenvalue weighted by atomic mass is 79.9. The summed E-state index contributed by atoms with van der Waals surface area (Å²) in [6.07, 6.45) is 3.48. The van der Waals surface area contributed by atoms with Gasteiger partial charge in [0.2, 0.25) is 0 Å². The van der Waals surface area contributed by atoms with Crippen LogP contribution in [0.5, 0.6) is 0 Å². The quantitative estimate of drug-likeness (QED) is 0.819. The monoisotopic (exact) mass is 314 g/mol. The first-order chi connectivity index (χ1) is 8.60. The predicted octanol–water partition coefficient (Wildman–Crippen LogP) is 2.32. The summed E-state index contributed by atoms with van der Waals surface area (Å²) in [6.45, 7) is 5.18. The largest absolute Gasteiger partial charge is 0.364 e. The number of hydrogen-bond acceptors (Lipinski definition) is 2. The average molecular weight is 315 g/mol. The minimum absolute atomic E-state index is 0.191. The number of aromatic amines is 1. The van der Waals surface area contributed by atoms with Gasteiger partial charge in [-0.3, -0.25) is 9.59 Å². The molecular formula is C13H19BrN2O2. The molecule has 18 heavy (non-hydrogen) atoms. The van der Waals surface area contributed by atoms with Crippen LogP contribution in [0.15, 0.2) is 17.1 Å². The standard InChI is InChI=1S/C13H19BrN2O2/c1-3-4-6-16(7-5-14)13(18)11-9-15-10(2)8-12(11)17/h8-9H,3-7H2,1-2H3,(H,15,17). The van der Waals surface area contributed by atoms with E-state index in [4.69, 9.17) is 0 Å². The number of nitrogens with zero attached hydrogens (tertiary/aromatic N) is 1. The maximum absolute atomic E-state index is 12.3. The van der Waals surface area contributed by atoms with Crippen molar-refractivity contribution in [3.05, 3.63) is 33.7 Å². The van der Waals surface area contributed by atoms with E-state index in [9.17, 15) is 9.59 Å². The summed E-state index contributed by atoms with van der Waals surface area (Å²) in [5.41, 5.74) is 0.766. The second-order valence-corrected chi connectivity index (χ2v) is 5.02. The molecule has 1 heterocycles. The van der Waals surface area contributed by atoms with Crippen LogP contribution in [0.2, 0.25) is 0 Å². The Morgan fingerprint density at radius 1 is 1.44 bits per heavy atom. The van der Waals surface area contributed by atoms with E-state index in [1.165, 1.54) is 12.3 Å². The average Bonchev–Trinajstić information content (AvgIpc) is 2.33. The summed E-state index contributed by atoms with van der Waals surface area (Å²) in [6, 6.07) is 1.46. The highest BCUT2D eigenvalue weighted by Gasteiger charge is 2.17. The molecule has 5 heteroatoms. The first-order valence-electron chi connectivity index (χ1n) is 6.14. The van der Waals surface area contributed by atoms with Crippen LogP contribution in [0.1, 0.15) is 35.8 Å². The summed E-state index contributed by atoms with van der Waals surface area (Å²) in [5.74, 6) is -0.191. The molecule has 1 amide bonds. The topological polar surface area (TPSA) is 53.2 Å². The summed E-state index contributed by atoms with van der Waals surface area (Å²) >= 11 is 3.33. The maximum atomic E-state index is 12.3. The molecule has 0 aliphatic rings. The number of halogens is 1. The van der Waals surface area contributed by atoms with Crippen LogP contribution in [-0.4, -0.2) is 34.2 Å². The Morgan fingerprint density at radius 2 is 2.17 bits per heavy atom. The molecule has 1 aromatic rings. The molecule has 0 saturated heterocycles. The van der Waals surface area contributed by atoms with E-state index in [0.717, 1.165) is 18.5 Å². The molecule has 1 rings (SSSR count). The fourth-order valence-corrected chi connectivity index (χ4v) is 2.10. The molecule has 100 valence electrons. The minimum Gasteiger partial charge on any atom is -0.364 e. The molecule has 0 atom stereocenters. The SMILES string of the molecule is CCCCN(CCBr)C(=O)c1c[nH]c(C)cc1=O. The minimum atomic E-state index is -0.215. The molecule has 4 nitrogen and oxygen atoms in total. The maximum Gasteiger partial charge on any atom is 0.259 e. The van der Waals surface area contributed by atoms with E-state index in [0.29, 0.717) is 18.4 Å². The normalized spacial score (nSPS) is 10.4. The second-order valence-electron chi connectivity index (χ2n) is 4.23. The lowest BCUT2D eigenvalue weighted by Crippen LogP contribution is -2.36. The van der Waals surface area contributed by atoms with Crippen molar-refractivity contribution in [1.82, 2.24) is 9.88 Å². The number of carbonyl (C=O) groups is 1. The number of amides is 1. The number of rotatable bonds is 6. The molecule has 1 aromatic heterocycles. The predicted molar refractivity (Wildman–Crippen MR) is 76.4 cm³/mol. The van der Waals surface area contributed by atoms with Gasteiger partial charge in [-0.1, -0.05) is 29.3 Å². The van der Waals surface area contributed by atoms with Crippen molar-refractivity contribution >= 4 is 21.8 Å². The zero-order valence-corrected chi connectivity index (χ0v) is 12.4. The Bertz CT molecular complexity index is 457. The molecule has 0 unspecified atom stereocenters. The Balaban J connectivity index is 2.90. The van der Waals surface area contributed by atoms with Crippen LogP contribution in [0.3, 0.4) is 0 Å². The third-order valence-electron chi connectivity index (χ3n) is 2.71. The van der Waals surface area contributed by atoms with Gasteiger partial charge < -0.3 is 9.88 Å². The number of unbranched alkanes of at least 4 members (excludes halogenated alkanes) is 1. The fraction of sp³-hybridized carbons (Fsp3) is 0.538. The highest BCUT2D eigenvalue weighted by molar-refractivity contribution is 9.09. The van der Waals surface area contributed by atoms with E-state index in [1.807, 2.05) is 0 Å². The third kappa shape index (κ3) is 3.98. The third-order valence-corrected chi connectivity index (χ3v) is 3.07. The number of carbonyl (C=O) groups excluding carboxylic acids is 1. The molecule has 0 bridgehead atoms. The number of alkyl halides is 1. The van der Waals surface area contributed by atoms with E-state index in [2.05, 4.69) is 27.8 Å². The second kappa shape index (κ2) is 7.36. The van der Waals surface area contributed by atoms with Crippen molar-refractivity contribution in [2.24, 2.45) is 0 Å². The van der Waals surface area contributed by atoms with Crippen molar-refractivity contribution in [3.63, 3.8) is 0 Å². The number of H-pyrrole nitrogens is 1. The van der Waals surface area contributed by atoms with Gasteiger partial charge in [-0.15, -0.1) is 0 Å². The lowest BCUT2D eigenvalue weighted by atomic mass is 10.2. The van der Waals surface area contributed by atoms with E-state index in [1.54, 1.807) is 11.8 Å². The number of aryl methyl sites for hydroxylation is 1. The van der Waals surface area contributed by atoms with Gasteiger partial charge in [0.05, 0.1) is 0 Å². The van der Waals surface area contributed by atoms with Crippen LogP contribution in [0.4, 0.5) is 0 Å². The van der Waals surface area contributed by atoms with Gasteiger partial charge >= 0.3 is 0 Å². The van der Waals surface area contributed by atoms with Gasteiger partial charge in [0, 0.05) is 36.4 Å². The highest BCUT2D eigenvalue weighted by Crippen LogP contribution is 2.03. The van der Waals surface area contributed by atoms with Crippen LogP contribution < -0.4 is 5.43 Å². The van der Waals surface area contributed by atoms with Gasteiger partial charge in [0.25, 0.3) is 5.91 Å². The molecule has 0 aliphatic carbocycles. The van der Waals surface area contributed by atoms with Crippen LogP contribution in [0.25, 0.3) is 0 Å². The Hall–Kier alpha value is -1.10. The van der Waals surface area contributed by atoms with Crippen molar-refractivity contribution in [2.45, 2.75) is 26.7 Å². The summed E-state index contributed by atoms with van der Waals surface area (Å²) in [5, 5.41) is 0.715. The van der Waals surface area contributed by atoms with Crippen LogP contribution in [0, 0.1) is 6.92 Å². The molecule has 0 aromatic carbocycles. The zero-order chi connectivity index (χ0) is 13.5. The van der Waals surface area contributed by atoms with Gasteiger partial charge in [0.15, 0.2) is 5.43 Å². The van der Waals surface area contributed by atoms with E-state index < -0.39 is 0 Å². The smallest absolute Gasteiger partial charge is 0.259 e. The van der Waals surface area contributed by atoms with Gasteiger partial charge in [-0.2, -0.15) is 0 Å². The molecular weight excluding hydrogens is 296 g/mol. The molecule has 1 N–H and O–H groups in total. The van der Waals surface area contributed by atoms with Crippen molar-refractivity contribution in [2.75, 3.05) is 18.4 Å². The van der Waals surface area contributed by atoms with Crippen LogP contribution in [-0.2, 0) is 0 Å². The first-order valence-corrected chi connectivity index (χ1v) is 7.26. The molecule has 0 saturated carbocycles. The van der Waals surface area contributed by atoms with Crippen molar-refractivity contribution in [1.29, 1.82) is 0 Å². The number of hydrogen-bond donors (Lipinski definition) is 1. The van der Waals surface area contributed by atoms with Crippen LogP contribution >= 0.6 is 15.9 Å². The summed E-state index contributed by atoms with van der Waals surface area (Å²) < 4.78 is 0. The lowest BCUT2D eigenvalue weighted by molar-refractivity contribution is 0.0762. The molecule has 0 fully saturated rings. The first kappa shape index (κ1) is 15.0. The Labute approximate surface area is 116 Å². The molecule has 0 aliphatic heterocycles. The lowest BCUT2D eigenvalue weighted by Gasteiger charge is -2.21. The number of pyridine rings is 1. The fourth-order valence-electron chi connectivity index (χ4n) is 1.68. The van der Waals surface area contributed by atoms with Gasteiger partial charge in [-0.05, 0) is 13.3 Å². The molecule has 0 spiro atoms. The van der Waals surface area contributed by atoms with E-state index in [-0.39, 0.29) is 16.9 Å². The van der Waals surface area contributed by atoms with Crippen molar-refractivity contribution in [3.8, 4) is 0 Å². The molecule has 0 radical (unpaired) electrons. The van der Waals surface area contributed by atoms with Gasteiger partial charge in [0.1, 0.15) is 5.56 Å². The summed E-state index contributed by atoms with van der Waals surface area (Å²) in [4.78, 5) is 28.7. The van der Waals surface area contributed by atoms with Crippen molar-refractivity contribution < 1.29 is 4.79 Å². The number of aromatic nitrogens is 1.